The molecule has 1 heterocycles. The average molecular weight is 409 g/mol. The van der Waals surface area contributed by atoms with Gasteiger partial charge in [0.2, 0.25) is 11.8 Å². The van der Waals surface area contributed by atoms with Crippen LogP contribution < -0.4 is 0 Å². The van der Waals surface area contributed by atoms with E-state index in [2.05, 4.69) is 15.9 Å². The van der Waals surface area contributed by atoms with Crippen molar-refractivity contribution >= 4 is 27.7 Å². The van der Waals surface area contributed by atoms with Gasteiger partial charge >= 0.3 is 6.18 Å². The molecule has 4 nitrogen and oxygen atoms in total. The van der Waals surface area contributed by atoms with Crippen LogP contribution in [0.3, 0.4) is 0 Å². The number of hydrogen-bond acceptors (Lipinski definition) is 2. The number of carbonyl (C=O) groups excluding carboxylic acids is 2. The van der Waals surface area contributed by atoms with Gasteiger partial charge < -0.3 is 9.80 Å². The molecule has 0 radical (unpaired) electrons. The molecule has 1 aliphatic heterocycles. The van der Waals surface area contributed by atoms with E-state index in [1.165, 1.54) is 6.92 Å². The predicted octanol–water partition coefficient (Wildman–Crippen LogP) is 3.45. The second-order valence-electron chi connectivity index (χ2n) is 5.72. The zero-order valence-corrected chi connectivity index (χ0v) is 15.3. The summed E-state index contributed by atoms with van der Waals surface area (Å²) in [5, 5.41) is 0. The number of carbonyl (C=O) groups is 2. The van der Waals surface area contributed by atoms with Crippen molar-refractivity contribution in [2.45, 2.75) is 26.6 Å². The second-order valence-corrected chi connectivity index (χ2v) is 6.64. The number of likely N-dealkylation sites (tertiary alicyclic amines) is 1. The monoisotopic (exact) mass is 408 g/mol. The van der Waals surface area contributed by atoms with Crippen LogP contribution in [0.15, 0.2) is 28.7 Å². The fourth-order valence-corrected chi connectivity index (χ4v) is 2.41. The molecule has 2 amide bonds. The van der Waals surface area contributed by atoms with E-state index in [4.69, 9.17) is 0 Å². The highest BCUT2D eigenvalue weighted by Crippen LogP contribution is 2.19. The lowest BCUT2D eigenvalue weighted by molar-refractivity contribution is -0.146. The molecule has 0 spiro atoms. The van der Waals surface area contributed by atoms with Gasteiger partial charge in [-0.3, -0.25) is 9.59 Å². The number of halogens is 4. The maximum absolute atomic E-state index is 12.1. The van der Waals surface area contributed by atoms with Gasteiger partial charge in [-0.25, -0.2) is 0 Å². The van der Waals surface area contributed by atoms with Gasteiger partial charge in [0, 0.05) is 45.0 Å². The minimum atomic E-state index is -4.00. The molecule has 0 aliphatic carbocycles. The van der Waals surface area contributed by atoms with E-state index in [0.717, 1.165) is 10.0 Å². The van der Waals surface area contributed by atoms with Crippen LogP contribution in [0, 0.1) is 5.92 Å². The van der Waals surface area contributed by atoms with Gasteiger partial charge in [0.05, 0.1) is 5.92 Å². The molecule has 2 rings (SSSR count). The van der Waals surface area contributed by atoms with Crippen molar-refractivity contribution in [3.63, 3.8) is 0 Å². The highest BCUT2D eigenvalue weighted by atomic mass is 79.9. The van der Waals surface area contributed by atoms with Crippen LogP contribution in [-0.2, 0) is 16.1 Å². The van der Waals surface area contributed by atoms with Crippen molar-refractivity contribution < 1.29 is 22.8 Å². The minimum absolute atomic E-state index is 0.0376. The number of amides is 2. The fourth-order valence-electron chi connectivity index (χ4n) is 2.15. The SMILES string of the molecule is CC(=O)N1CC(C(=O)N(C)Cc2ccc(Br)cc2)C1.CC(F)(F)F. The third-order valence-corrected chi connectivity index (χ3v) is 3.91. The molecule has 8 heteroatoms. The summed E-state index contributed by atoms with van der Waals surface area (Å²) in [4.78, 5) is 26.6. The first-order valence-corrected chi connectivity index (χ1v) is 8.08. The van der Waals surface area contributed by atoms with Gasteiger partial charge in [0.1, 0.15) is 0 Å². The first-order chi connectivity index (χ1) is 11.0. The molecule has 1 aromatic carbocycles. The molecule has 0 aromatic heterocycles. The molecular formula is C16H20BrF3N2O2. The summed E-state index contributed by atoms with van der Waals surface area (Å²) in [6.07, 6.45) is -4.00. The van der Waals surface area contributed by atoms with Crippen LogP contribution in [0.1, 0.15) is 19.4 Å². The molecule has 0 bridgehead atoms. The van der Waals surface area contributed by atoms with Crippen molar-refractivity contribution in [2.75, 3.05) is 20.1 Å². The molecule has 1 saturated heterocycles. The normalized spacial score (nSPS) is 14.4. The summed E-state index contributed by atoms with van der Waals surface area (Å²) in [6, 6.07) is 7.93. The van der Waals surface area contributed by atoms with Crippen molar-refractivity contribution in [1.29, 1.82) is 0 Å². The lowest BCUT2D eigenvalue weighted by Gasteiger charge is -2.39. The standard InChI is InChI=1S/C14H17BrN2O2.C2H3F3/c1-10(18)17-8-12(9-17)14(19)16(2)7-11-3-5-13(15)6-4-11;1-2(3,4)5/h3-6,12H,7-9H2,1-2H3;1H3. The number of nitrogens with zero attached hydrogens (tertiary/aromatic N) is 2. The van der Waals surface area contributed by atoms with Crippen molar-refractivity contribution in [3.05, 3.63) is 34.3 Å². The Bertz CT molecular complexity index is 564. The van der Waals surface area contributed by atoms with Gasteiger partial charge in [0.15, 0.2) is 0 Å². The van der Waals surface area contributed by atoms with Crippen molar-refractivity contribution in [2.24, 2.45) is 5.92 Å². The predicted molar refractivity (Wildman–Crippen MR) is 88.1 cm³/mol. The third-order valence-electron chi connectivity index (χ3n) is 3.39. The average Bonchev–Trinajstić information content (AvgIpc) is 2.37. The van der Waals surface area contributed by atoms with Crippen LogP contribution in [0.2, 0.25) is 0 Å². The first kappa shape index (κ1) is 20.5. The molecule has 0 atom stereocenters. The highest BCUT2D eigenvalue weighted by Gasteiger charge is 2.35. The number of hydrogen-bond donors (Lipinski definition) is 0. The molecular weight excluding hydrogens is 389 g/mol. The number of benzene rings is 1. The van der Waals surface area contributed by atoms with Gasteiger partial charge in [0.25, 0.3) is 0 Å². The summed E-state index contributed by atoms with van der Waals surface area (Å²) >= 11 is 3.39. The lowest BCUT2D eigenvalue weighted by atomic mass is 9.98. The van der Waals surface area contributed by atoms with Gasteiger partial charge in [-0.15, -0.1) is 0 Å². The molecule has 0 saturated carbocycles. The Labute approximate surface area is 147 Å². The Morgan fingerprint density at radius 2 is 1.71 bits per heavy atom. The molecule has 24 heavy (non-hydrogen) atoms. The Morgan fingerprint density at radius 1 is 1.25 bits per heavy atom. The summed E-state index contributed by atoms with van der Waals surface area (Å²) in [5.41, 5.74) is 1.10. The van der Waals surface area contributed by atoms with E-state index in [0.29, 0.717) is 19.6 Å². The van der Waals surface area contributed by atoms with Crippen LogP contribution in [0.4, 0.5) is 13.2 Å². The maximum atomic E-state index is 12.1. The summed E-state index contributed by atoms with van der Waals surface area (Å²) in [5.74, 6) is 0.115. The largest absolute Gasteiger partial charge is 0.386 e. The van der Waals surface area contributed by atoms with Crippen LogP contribution in [0.5, 0.6) is 0 Å². The highest BCUT2D eigenvalue weighted by molar-refractivity contribution is 9.10. The van der Waals surface area contributed by atoms with Crippen LogP contribution in [-0.4, -0.2) is 47.9 Å². The smallest absolute Gasteiger partial charge is 0.341 e. The van der Waals surface area contributed by atoms with Crippen molar-refractivity contribution in [3.8, 4) is 0 Å². The summed E-state index contributed by atoms with van der Waals surface area (Å²) in [7, 11) is 1.81. The van der Waals surface area contributed by atoms with Crippen LogP contribution >= 0.6 is 15.9 Å². The zero-order chi connectivity index (χ0) is 18.5. The third kappa shape index (κ3) is 7.33. The van der Waals surface area contributed by atoms with E-state index >= 15 is 0 Å². The van der Waals surface area contributed by atoms with Gasteiger partial charge in [-0.05, 0) is 17.7 Å². The molecule has 0 unspecified atom stereocenters. The Kier molecular flexibility index (Phi) is 7.26. The quantitative estimate of drug-likeness (QED) is 0.768. The summed E-state index contributed by atoms with van der Waals surface area (Å²) < 4.78 is 32.1. The molecule has 0 N–H and O–H groups in total. The Morgan fingerprint density at radius 3 is 2.12 bits per heavy atom. The van der Waals surface area contributed by atoms with E-state index < -0.39 is 6.18 Å². The Hall–Kier alpha value is -1.57. The zero-order valence-electron chi connectivity index (χ0n) is 13.7. The fraction of sp³-hybridized carbons (Fsp3) is 0.500. The van der Waals surface area contributed by atoms with Crippen LogP contribution in [0.25, 0.3) is 0 Å². The topological polar surface area (TPSA) is 40.6 Å². The maximum Gasteiger partial charge on any atom is 0.386 e. The number of alkyl halides is 3. The van der Waals surface area contributed by atoms with Gasteiger partial charge in [-0.2, -0.15) is 13.2 Å². The van der Waals surface area contributed by atoms with Crippen molar-refractivity contribution in [1.82, 2.24) is 9.80 Å². The van der Waals surface area contributed by atoms with E-state index in [-0.39, 0.29) is 24.7 Å². The first-order valence-electron chi connectivity index (χ1n) is 7.29. The van der Waals surface area contributed by atoms with E-state index in [1.807, 2.05) is 24.3 Å². The lowest BCUT2D eigenvalue weighted by Crippen LogP contribution is -2.55. The molecule has 1 aliphatic rings. The Balaban J connectivity index is 0.000000505. The number of rotatable bonds is 3. The minimum Gasteiger partial charge on any atom is -0.341 e. The molecule has 1 fully saturated rings. The molecule has 1 aromatic rings. The summed E-state index contributed by atoms with van der Waals surface area (Å²) in [6.45, 7) is 3.43. The second kappa shape index (κ2) is 8.50. The van der Waals surface area contributed by atoms with E-state index in [9.17, 15) is 22.8 Å². The molecule has 134 valence electrons. The van der Waals surface area contributed by atoms with E-state index in [1.54, 1.807) is 16.8 Å². The van der Waals surface area contributed by atoms with Gasteiger partial charge in [-0.1, -0.05) is 28.1 Å².